The van der Waals surface area contributed by atoms with Gasteiger partial charge in [-0.25, -0.2) is 4.99 Å². The van der Waals surface area contributed by atoms with Crippen molar-refractivity contribution in [3.63, 3.8) is 0 Å². The first-order valence-electron chi connectivity index (χ1n) is 9.31. The molecule has 2 aromatic heterocycles. The van der Waals surface area contributed by atoms with E-state index in [1.54, 1.807) is 17.7 Å². The highest BCUT2D eigenvalue weighted by Crippen LogP contribution is 2.15. The zero-order valence-corrected chi connectivity index (χ0v) is 19.1. The molecule has 0 aliphatic carbocycles. The van der Waals surface area contributed by atoms with Gasteiger partial charge in [-0.1, -0.05) is 13.0 Å². The molecule has 2 N–H and O–H groups in total. The van der Waals surface area contributed by atoms with Crippen LogP contribution in [-0.2, 0) is 24.2 Å². The van der Waals surface area contributed by atoms with E-state index in [1.807, 2.05) is 0 Å². The van der Waals surface area contributed by atoms with Crippen molar-refractivity contribution in [3.05, 3.63) is 34.5 Å². The highest BCUT2D eigenvalue weighted by atomic mass is 127. The molecule has 0 bridgehead atoms. The molecule has 0 spiro atoms. The van der Waals surface area contributed by atoms with Crippen LogP contribution in [0.4, 0.5) is 0 Å². The Balaban J connectivity index is 0.00000261. The van der Waals surface area contributed by atoms with Crippen LogP contribution in [0.2, 0.25) is 0 Å². The van der Waals surface area contributed by atoms with Gasteiger partial charge in [0.05, 0.1) is 18.7 Å². The number of rotatable bonds is 8. The van der Waals surface area contributed by atoms with Crippen LogP contribution in [0.5, 0.6) is 0 Å². The molecule has 0 saturated carbocycles. The van der Waals surface area contributed by atoms with Crippen molar-refractivity contribution in [2.75, 3.05) is 13.2 Å². The summed E-state index contributed by atoms with van der Waals surface area (Å²) in [4.78, 5) is 6.00. The van der Waals surface area contributed by atoms with Crippen LogP contribution >= 0.6 is 35.3 Å². The van der Waals surface area contributed by atoms with Gasteiger partial charge in [-0.15, -0.1) is 45.5 Å². The number of thiophene rings is 1. The van der Waals surface area contributed by atoms with Crippen molar-refractivity contribution in [3.8, 4) is 0 Å². The summed E-state index contributed by atoms with van der Waals surface area (Å²) >= 11 is 1.73. The van der Waals surface area contributed by atoms with E-state index in [9.17, 15) is 0 Å². The van der Waals surface area contributed by atoms with Gasteiger partial charge in [-0.2, -0.15) is 0 Å². The fourth-order valence-corrected chi connectivity index (χ4v) is 3.68. The summed E-state index contributed by atoms with van der Waals surface area (Å²) in [6.07, 6.45) is 5.17. The maximum absolute atomic E-state index is 5.80. The van der Waals surface area contributed by atoms with E-state index in [0.29, 0.717) is 6.54 Å². The number of ether oxygens (including phenoxy) is 1. The Bertz CT molecular complexity index is 684. The quantitative estimate of drug-likeness (QED) is 0.329. The summed E-state index contributed by atoms with van der Waals surface area (Å²) in [6, 6.07) is 4.40. The fourth-order valence-electron chi connectivity index (χ4n) is 3.05. The first kappa shape index (κ1) is 22.1. The number of nitrogens with one attached hydrogen (secondary N) is 2. The summed E-state index contributed by atoms with van der Waals surface area (Å²) in [5.41, 5.74) is 0. The lowest BCUT2D eigenvalue weighted by Crippen LogP contribution is -2.47. The zero-order chi connectivity index (χ0) is 18.2. The Morgan fingerprint density at radius 1 is 1.52 bits per heavy atom. The second kappa shape index (κ2) is 11.6. The maximum Gasteiger partial charge on any atom is 0.191 e. The van der Waals surface area contributed by atoms with Crippen molar-refractivity contribution in [2.24, 2.45) is 4.99 Å². The minimum Gasteiger partial charge on any atom is -0.376 e. The second-order valence-corrected chi connectivity index (χ2v) is 7.48. The van der Waals surface area contributed by atoms with E-state index >= 15 is 0 Å². The van der Waals surface area contributed by atoms with Gasteiger partial charge in [0, 0.05) is 31.0 Å². The van der Waals surface area contributed by atoms with Crippen molar-refractivity contribution in [2.45, 2.75) is 58.3 Å². The number of aromatic nitrogens is 3. The molecule has 3 heterocycles. The number of hydrogen-bond donors (Lipinski definition) is 2. The van der Waals surface area contributed by atoms with Crippen LogP contribution in [-0.4, -0.2) is 46.0 Å². The minimum atomic E-state index is 0. The lowest BCUT2D eigenvalue weighted by Gasteiger charge is -2.23. The summed E-state index contributed by atoms with van der Waals surface area (Å²) in [5.74, 6) is 1.83. The van der Waals surface area contributed by atoms with E-state index in [1.165, 1.54) is 4.88 Å². The molecule has 1 aliphatic rings. The van der Waals surface area contributed by atoms with E-state index < -0.39 is 0 Å². The highest BCUT2D eigenvalue weighted by molar-refractivity contribution is 14.0. The van der Waals surface area contributed by atoms with Crippen LogP contribution in [0.15, 0.2) is 28.8 Å². The Morgan fingerprint density at radius 2 is 2.41 bits per heavy atom. The molecule has 1 saturated heterocycles. The van der Waals surface area contributed by atoms with Crippen molar-refractivity contribution < 1.29 is 4.74 Å². The summed E-state index contributed by atoms with van der Waals surface area (Å²) in [7, 11) is 0. The van der Waals surface area contributed by atoms with E-state index in [0.717, 1.165) is 50.7 Å². The molecule has 0 amide bonds. The molecule has 150 valence electrons. The minimum absolute atomic E-state index is 0. The standard InChI is InChI=1S/C18H28N6OS.HI/c1-3-17-23-21-13-24(17)9-8-19-18(20-12-15-6-5-11-26-15)22-14(2)16-7-4-10-25-16;/h5-6,11,13-14,16H,3-4,7-10,12H2,1-2H3,(H2,19,20,22);1H. The SMILES string of the molecule is CCc1nncn1CCNC(=NCc1cccs1)NC(C)C1CCCO1.I. The molecule has 7 nitrogen and oxygen atoms in total. The zero-order valence-electron chi connectivity index (χ0n) is 15.9. The number of guanidine groups is 1. The van der Waals surface area contributed by atoms with Crippen molar-refractivity contribution in [1.82, 2.24) is 25.4 Å². The van der Waals surface area contributed by atoms with Gasteiger partial charge in [0.15, 0.2) is 5.96 Å². The van der Waals surface area contributed by atoms with Crippen LogP contribution in [0.1, 0.15) is 37.4 Å². The number of halogens is 1. The van der Waals surface area contributed by atoms with Gasteiger partial charge in [0.1, 0.15) is 12.2 Å². The van der Waals surface area contributed by atoms with Gasteiger partial charge in [-0.05, 0) is 31.2 Å². The van der Waals surface area contributed by atoms with Crippen LogP contribution in [0.25, 0.3) is 0 Å². The fraction of sp³-hybridized carbons (Fsp3) is 0.611. The average Bonchev–Trinajstić information content (AvgIpc) is 3.41. The van der Waals surface area contributed by atoms with Gasteiger partial charge in [0.2, 0.25) is 0 Å². The third-order valence-corrected chi connectivity index (χ3v) is 5.38. The second-order valence-electron chi connectivity index (χ2n) is 6.45. The maximum atomic E-state index is 5.80. The molecule has 2 atom stereocenters. The topological polar surface area (TPSA) is 76.4 Å². The van der Waals surface area contributed by atoms with Gasteiger partial charge < -0.3 is 19.9 Å². The van der Waals surface area contributed by atoms with E-state index in [4.69, 9.17) is 9.73 Å². The summed E-state index contributed by atoms with van der Waals surface area (Å²) < 4.78 is 7.87. The largest absolute Gasteiger partial charge is 0.376 e. The van der Waals surface area contributed by atoms with Crippen molar-refractivity contribution >= 4 is 41.3 Å². The van der Waals surface area contributed by atoms with Crippen LogP contribution in [0.3, 0.4) is 0 Å². The normalized spacial score (nSPS) is 18.1. The first-order valence-corrected chi connectivity index (χ1v) is 10.2. The number of nitrogens with zero attached hydrogens (tertiary/aromatic N) is 4. The molecule has 2 aromatic rings. The predicted molar refractivity (Wildman–Crippen MR) is 120 cm³/mol. The lowest BCUT2D eigenvalue weighted by molar-refractivity contribution is 0.0890. The number of aliphatic imine (C=N–C) groups is 1. The molecule has 1 fully saturated rings. The molecule has 2 unspecified atom stereocenters. The Kier molecular flexibility index (Phi) is 9.49. The molecular formula is C18H29IN6OS. The highest BCUT2D eigenvalue weighted by Gasteiger charge is 2.23. The number of hydrogen-bond acceptors (Lipinski definition) is 5. The lowest BCUT2D eigenvalue weighted by atomic mass is 10.1. The number of aryl methyl sites for hydroxylation is 1. The monoisotopic (exact) mass is 504 g/mol. The van der Waals surface area contributed by atoms with E-state index in [2.05, 4.69) is 56.8 Å². The van der Waals surface area contributed by atoms with Gasteiger partial charge in [0.25, 0.3) is 0 Å². The Morgan fingerprint density at radius 3 is 3.11 bits per heavy atom. The molecule has 0 aromatic carbocycles. The summed E-state index contributed by atoms with van der Waals surface area (Å²) in [5, 5.41) is 17.1. The molecule has 1 aliphatic heterocycles. The van der Waals surface area contributed by atoms with Crippen LogP contribution < -0.4 is 10.6 Å². The van der Waals surface area contributed by atoms with Crippen LogP contribution in [0, 0.1) is 0 Å². The Hall–Kier alpha value is -1.20. The third kappa shape index (κ3) is 6.72. The molecule has 3 rings (SSSR count). The van der Waals surface area contributed by atoms with Gasteiger partial charge in [-0.3, -0.25) is 0 Å². The third-order valence-electron chi connectivity index (χ3n) is 4.52. The van der Waals surface area contributed by atoms with Gasteiger partial charge >= 0.3 is 0 Å². The average molecular weight is 504 g/mol. The van der Waals surface area contributed by atoms with Crippen molar-refractivity contribution in [1.29, 1.82) is 0 Å². The Labute approximate surface area is 182 Å². The first-order chi connectivity index (χ1) is 12.8. The predicted octanol–water partition coefficient (Wildman–Crippen LogP) is 2.82. The van der Waals surface area contributed by atoms with E-state index in [-0.39, 0.29) is 36.1 Å². The smallest absolute Gasteiger partial charge is 0.191 e. The molecule has 9 heteroatoms. The molecule has 27 heavy (non-hydrogen) atoms. The molecule has 0 radical (unpaired) electrons. The molecular weight excluding hydrogens is 475 g/mol. The summed E-state index contributed by atoms with van der Waals surface area (Å²) in [6.45, 7) is 7.36.